The molecule has 0 radical (unpaired) electrons. The highest BCUT2D eigenvalue weighted by atomic mass is 16.4. The SMILES string of the molecule is CCN[C@@H](C)c1nc2ccc(/C=C/C(=O)O)cc2[nH]1. The summed E-state index contributed by atoms with van der Waals surface area (Å²) in [5.74, 6) is -0.0672. The van der Waals surface area contributed by atoms with Gasteiger partial charge >= 0.3 is 5.97 Å². The van der Waals surface area contributed by atoms with Gasteiger partial charge in [-0.15, -0.1) is 0 Å². The highest BCUT2D eigenvalue weighted by molar-refractivity contribution is 5.86. The number of imidazole rings is 1. The molecule has 0 aliphatic heterocycles. The Labute approximate surface area is 111 Å². The summed E-state index contributed by atoms with van der Waals surface area (Å²) in [7, 11) is 0. The van der Waals surface area contributed by atoms with Gasteiger partial charge in [0.2, 0.25) is 0 Å². The molecule has 2 rings (SSSR count). The number of nitrogens with zero attached hydrogens (tertiary/aromatic N) is 1. The maximum Gasteiger partial charge on any atom is 0.328 e. The lowest BCUT2D eigenvalue weighted by Crippen LogP contribution is -2.18. The number of carbonyl (C=O) groups is 1. The molecule has 0 amide bonds. The van der Waals surface area contributed by atoms with Gasteiger partial charge in [-0.1, -0.05) is 13.0 Å². The highest BCUT2D eigenvalue weighted by Crippen LogP contribution is 2.18. The summed E-state index contributed by atoms with van der Waals surface area (Å²) >= 11 is 0. The number of fused-ring (bicyclic) bond motifs is 1. The summed E-state index contributed by atoms with van der Waals surface area (Å²) in [6.07, 6.45) is 2.69. The van der Waals surface area contributed by atoms with Gasteiger partial charge in [0.25, 0.3) is 0 Å². The van der Waals surface area contributed by atoms with Crippen LogP contribution in [0.4, 0.5) is 0 Å². The summed E-state index contributed by atoms with van der Waals surface area (Å²) in [5, 5.41) is 11.9. The number of aliphatic carboxylic acids is 1. The molecule has 0 spiro atoms. The van der Waals surface area contributed by atoms with Gasteiger partial charge in [0.1, 0.15) is 5.82 Å². The average molecular weight is 259 g/mol. The number of aromatic nitrogens is 2. The number of carboxylic acid groups (broad SMARTS) is 1. The van der Waals surface area contributed by atoms with Gasteiger partial charge in [0.15, 0.2) is 0 Å². The van der Waals surface area contributed by atoms with Crippen molar-refractivity contribution in [2.45, 2.75) is 19.9 Å². The van der Waals surface area contributed by atoms with E-state index in [-0.39, 0.29) is 6.04 Å². The van der Waals surface area contributed by atoms with Gasteiger partial charge in [-0.05, 0) is 37.2 Å². The number of H-pyrrole nitrogens is 1. The van der Waals surface area contributed by atoms with E-state index in [1.165, 1.54) is 0 Å². The number of hydrogen-bond acceptors (Lipinski definition) is 3. The largest absolute Gasteiger partial charge is 0.478 e. The number of hydrogen-bond donors (Lipinski definition) is 3. The lowest BCUT2D eigenvalue weighted by atomic mass is 10.2. The second kappa shape index (κ2) is 5.67. The summed E-state index contributed by atoms with van der Waals surface area (Å²) in [6.45, 7) is 4.98. The molecule has 0 aliphatic carbocycles. The van der Waals surface area contributed by atoms with E-state index in [9.17, 15) is 4.79 Å². The Morgan fingerprint density at radius 2 is 2.37 bits per heavy atom. The van der Waals surface area contributed by atoms with Crippen LogP contribution in [0.2, 0.25) is 0 Å². The second-order valence-electron chi connectivity index (χ2n) is 4.35. The van der Waals surface area contributed by atoms with Crippen molar-refractivity contribution >= 4 is 23.1 Å². The highest BCUT2D eigenvalue weighted by Gasteiger charge is 2.09. The van der Waals surface area contributed by atoms with Crippen molar-refractivity contribution in [1.82, 2.24) is 15.3 Å². The van der Waals surface area contributed by atoms with Crippen molar-refractivity contribution < 1.29 is 9.90 Å². The van der Waals surface area contributed by atoms with Gasteiger partial charge in [0, 0.05) is 6.08 Å². The molecule has 0 bridgehead atoms. The molecule has 0 saturated carbocycles. The molecule has 0 aliphatic rings. The topological polar surface area (TPSA) is 78.0 Å². The van der Waals surface area contributed by atoms with Crippen LogP contribution in [0.15, 0.2) is 24.3 Å². The quantitative estimate of drug-likeness (QED) is 0.720. The third-order valence-electron chi connectivity index (χ3n) is 2.86. The van der Waals surface area contributed by atoms with E-state index < -0.39 is 5.97 Å². The molecule has 0 fully saturated rings. The Hall–Kier alpha value is -2.14. The number of aromatic amines is 1. The van der Waals surface area contributed by atoms with Crippen molar-refractivity contribution in [3.8, 4) is 0 Å². The maximum absolute atomic E-state index is 10.5. The van der Waals surface area contributed by atoms with E-state index in [1.54, 1.807) is 6.08 Å². The molecule has 2 aromatic rings. The molecule has 5 nitrogen and oxygen atoms in total. The van der Waals surface area contributed by atoms with Crippen molar-refractivity contribution in [2.75, 3.05) is 6.54 Å². The van der Waals surface area contributed by atoms with Crippen LogP contribution in [0, 0.1) is 0 Å². The molecule has 3 N–H and O–H groups in total. The van der Waals surface area contributed by atoms with Gasteiger partial charge in [-0.25, -0.2) is 9.78 Å². The molecule has 5 heteroatoms. The monoisotopic (exact) mass is 259 g/mol. The van der Waals surface area contributed by atoms with Crippen LogP contribution in [0.3, 0.4) is 0 Å². The fourth-order valence-electron chi connectivity index (χ4n) is 1.93. The minimum Gasteiger partial charge on any atom is -0.478 e. The minimum atomic E-state index is -0.953. The second-order valence-corrected chi connectivity index (χ2v) is 4.35. The lowest BCUT2D eigenvalue weighted by Gasteiger charge is -2.07. The van der Waals surface area contributed by atoms with E-state index in [0.29, 0.717) is 0 Å². The van der Waals surface area contributed by atoms with E-state index in [1.807, 2.05) is 32.0 Å². The van der Waals surface area contributed by atoms with Crippen molar-refractivity contribution in [3.63, 3.8) is 0 Å². The predicted octanol–water partition coefficient (Wildman–Crippen LogP) is 2.33. The number of nitrogens with one attached hydrogen (secondary N) is 2. The third-order valence-corrected chi connectivity index (χ3v) is 2.86. The van der Waals surface area contributed by atoms with Crippen LogP contribution in [-0.4, -0.2) is 27.6 Å². The van der Waals surface area contributed by atoms with Crippen LogP contribution in [0.25, 0.3) is 17.1 Å². The first-order valence-electron chi connectivity index (χ1n) is 6.24. The summed E-state index contributed by atoms with van der Waals surface area (Å²) in [6, 6.07) is 5.79. The van der Waals surface area contributed by atoms with Crippen molar-refractivity contribution in [1.29, 1.82) is 0 Å². The summed E-state index contributed by atoms with van der Waals surface area (Å²) in [4.78, 5) is 18.2. The number of carboxylic acids is 1. The molecule has 1 aromatic carbocycles. The molecule has 100 valence electrons. The molecule has 1 atom stereocenters. The lowest BCUT2D eigenvalue weighted by molar-refractivity contribution is -0.131. The normalized spacial score (nSPS) is 13.2. The first-order chi connectivity index (χ1) is 9.10. The fraction of sp³-hybridized carbons (Fsp3) is 0.286. The molecule has 0 unspecified atom stereocenters. The Kier molecular flexibility index (Phi) is 3.97. The summed E-state index contributed by atoms with van der Waals surface area (Å²) in [5.41, 5.74) is 2.63. The zero-order valence-corrected chi connectivity index (χ0v) is 11.0. The van der Waals surface area contributed by atoms with Gasteiger partial charge in [0.05, 0.1) is 17.1 Å². The summed E-state index contributed by atoms with van der Waals surface area (Å²) < 4.78 is 0. The molecular weight excluding hydrogens is 242 g/mol. The van der Waals surface area contributed by atoms with E-state index in [4.69, 9.17) is 5.11 Å². The van der Waals surface area contributed by atoms with Gasteiger partial charge in [-0.3, -0.25) is 0 Å². The molecular formula is C14H17N3O2. The first kappa shape index (κ1) is 13.3. The Bertz CT molecular complexity index is 616. The zero-order valence-electron chi connectivity index (χ0n) is 11.0. The van der Waals surface area contributed by atoms with Gasteiger partial charge in [-0.2, -0.15) is 0 Å². The van der Waals surface area contributed by atoms with Crippen LogP contribution >= 0.6 is 0 Å². The molecule has 19 heavy (non-hydrogen) atoms. The Morgan fingerprint density at radius 1 is 1.58 bits per heavy atom. The first-order valence-corrected chi connectivity index (χ1v) is 6.24. The van der Waals surface area contributed by atoms with Crippen molar-refractivity contribution in [2.24, 2.45) is 0 Å². The van der Waals surface area contributed by atoms with Crippen LogP contribution < -0.4 is 5.32 Å². The standard InChI is InChI=1S/C14H17N3O2/c1-3-15-9(2)14-16-11-6-4-10(5-7-13(18)19)8-12(11)17-14/h4-9,15H,3H2,1-2H3,(H,16,17)(H,18,19)/b7-5+/t9-/m0/s1. The minimum absolute atomic E-state index is 0.162. The molecule has 0 saturated heterocycles. The predicted molar refractivity (Wildman–Crippen MR) is 74.9 cm³/mol. The zero-order chi connectivity index (χ0) is 13.8. The smallest absolute Gasteiger partial charge is 0.328 e. The molecule has 1 aromatic heterocycles. The fourth-order valence-corrected chi connectivity index (χ4v) is 1.93. The van der Waals surface area contributed by atoms with E-state index >= 15 is 0 Å². The van der Waals surface area contributed by atoms with Crippen LogP contribution in [0.5, 0.6) is 0 Å². The number of rotatable bonds is 5. The third kappa shape index (κ3) is 3.20. The molecule has 1 heterocycles. The van der Waals surface area contributed by atoms with Crippen LogP contribution in [0.1, 0.15) is 31.3 Å². The number of benzene rings is 1. The van der Waals surface area contributed by atoms with Crippen LogP contribution in [-0.2, 0) is 4.79 Å². The van der Waals surface area contributed by atoms with E-state index in [2.05, 4.69) is 15.3 Å². The maximum atomic E-state index is 10.5. The Morgan fingerprint density at radius 3 is 3.05 bits per heavy atom. The average Bonchev–Trinajstić information content (AvgIpc) is 2.79. The van der Waals surface area contributed by atoms with Gasteiger partial charge < -0.3 is 15.4 Å². The van der Waals surface area contributed by atoms with E-state index in [0.717, 1.165) is 35.0 Å². The Balaban J connectivity index is 2.30. The van der Waals surface area contributed by atoms with Crippen molar-refractivity contribution in [3.05, 3.63) is 35.7 Å².